The number of phenolic OH excluding ortho intramolecular Hbond substituents is 1. The van der Waals surface area contributed by atoms with Crippen molar-refractivity contribution in [2.24, 2.45) is 5.10 Å². The van der Waals surface area contributed by atoms with Gasteiger partial charge in [0.15, 0.2) is 5.11 Å². The maximum absolute atomic E-state index is 9.70. The van der Waals surface area contributed by atoms with Crippen LogP contribution in [-0.4, -0.2) is 40.5 Å². The highest BCUT2D eigenvalue weighted by Gasteiger charge is 2.19. The molecular weight excluding hydrogens is 344 g/mol. The number of nitrogens with one attached hydrogen (secondary N) is 2. The van der Waals surface area contributed by atoms with Gasteiger partial charge in [-0.2, -0.15) is 5.10 Å². The first-order chi connectivity index (χ1) is 12.7. The number of para-hydroxylation sites is 1. The van der Waals surface area contributed by atoms with Crippen LogP contribution in [0.5, 0.6) is 5.75 Å². The monoisotopic (exact) mass is 368 g/mol. The van der Waals surface area contributed by atoms with Crippen LogP contribution in [0.3, 0.4) is 0 Å². The second-order valence-electron chi connectivity index (χ2n) is 6.44. The number of benzene rings is 2. The Morgan fingerprint density at radius 2 is 1.81 bits per heavy atom. The zero-order valence-corrected chi connectivity index (χ0v) is 15.5. The molecule has 5 nitrogen and oxygen atoms in total. The van der Waals surface area contributed by atoms with Crippen LogP contribution in [0.15, 0.2) is 59.7 Å². The number of hydrogen-bond donors (Lipinski definition) is 3. The number of nitrogens with zero attached hydrogens (tertiary/aromatic N) is 2. The summed E-state index contributed by atoms with van der Waals surface area (Å²) >= 11 is 5.31. The summed E-state index contributed by atoms with van der Waals surface area (Å²) in [6.45, 7) is 3.10. The van der Waals surface area contributed by atoms with E-state index in [4.69, 9.17) is 12.2 Å². The van der Waals surface area contributed by atoms with Crippen molar-refractivity contribution in [1.29, 1.82) is 0 Å². The van der Waals surface area contributed by atoms with Crippen LogP contribution in [0.25, 0.3) is 0 Å². The summed E-state index contributed by atoms with van der Waals surface area (Å²) in [5.41, 5.74) is 4.83. The molecule has 1 saturated heterocycles. The van der Waals surface area contributed by atoms with E-state index in [0.29, 0.717) is 16.7 Å². The summed E-state index contributed by atoms with van der Waals surface area (Å²) in [6, 6.07) is 18.0. The molecule has 0 unspecified atom stereocenters. The van der Waals surface area contributed by atoms with Crippen molar-refractivity contribution < 1.29 is 5.11 Å². The molecule has 0 saturated carbocycles. The summed E-state index contributed by atoms with van der Waals surface area (Å²) < 4.78 is 0. The summed E-state index contributed by atoms with van der Waals surface area (Å²) in [4.78, 5) is 2.47. The Morgan fingerprint density at radius 1 is 1.12 bits per heavy atom. The fraction of sp³-hybridized carbons (Fsp3) is 0.300. The smallest absolute Gasteiger partial charge is 0.187 e. The molecule has 1 aliphatic heterocycles. The van der Waals surface area contributed by atoms with Crippen LogP contribution in [0, 0.1) is 0 Å². The van der Waals surface area contributed by atoms with Gasteiger partial charge in [0.25, 0.3) is 0 Å². The second kappa shape index (κ2) is 9.31. The quantitative estimate of drug-likeness (QED) is 0.430. The normalized spacial score (nSPS) is 15.8. The third kappa shape index (κ3) is 5.54. The number of likely N-dealkylation sites (tertiary alicyclic amines) is 1. The van der Waals surface area contributed by atoms with E-state index < -0.39 is 0 Å². The van der Waals surface area contributed by atoms with Gasteiger partial charge in [0, 0.05) is 31.2 Å². The average Bonchev–Trinajstić information content (AvgIpc) is 2.66. The Bertz CT molecular complexity index is 742. The van der Waals surface area contributed by atoms with Crippen LogP contribution in [0.2, 0.25) is 0 Å². The average molecular weight is 369 g/mol. The van der Waals surface area contributed by atoms with E-state index >= 15 is 0 Å². The number of thiocarbonyl (C=S) groups is 1. The predicted octanol–water partition coefficient (Wildman–Crippen LogP) is 2.85. The maximum atomic E-state index is 9.70. The lowest BCUT2D eigenvalue weighted by Crippen LogP contribution is -2.46. The molecule has 6 heteroatoms. The standard InChI is InChI=1S/C20H24N4OS/c25-19-9-5-4-8-17(19)14-21-23-20(26)22-18-10-12-24(13-11-18)15-16-6-2-1-3-7-16/h1-9,14,18,25H,10-13,15H2,(H2,22,23,26)/b21-14+. The molecule has 0 spiro atoms. The minimum absolute atomic E-state index is 0.197. The lowest BCUT2D eigenvalue weighted by Gasteiger charge is -2.32. The lowest BCUT2D eigenvalue weighted by atomic mass is 10.0. The van der Waals surface area contributed by atoms with Gasteiger partial charge in [-0.05, 0) is 42.8 Å². The van der Waals surface area contributed by atoms with Gasteiger partial charge in [-0.15, -0.1) is 0 Å². The van der Waals surface area contributed by atoms with Gasteiger partial charge in [0.1, 0.15) is 5.75 Å². The third-order valence-corrected chi connectivity index (χ3v) is 4.69. The molecular formula is C20H24N4OS. The molecule has 0 radical (unpaired) electrons. The Morgan fingerprint density at radius 3 is 2.54 bits per heavy atom. The van der Waals surface area contributed by atoms with Gasteiger partial charge in [0.05, 0.1) is 6.21 Å². The highest BCUT2D eigenvalue weighted by Crippen LogP contribution is 2.14. The molecule has 0 bridgehead atoms. The zero-order valence-electron chi connectivity index (χ0n) is 14.6. The molecule has 0 aliphatic carbocycles. The zero-order chi connectivity index (χ0) is 18.2. The van der Waals surface area contributed by atoms with Crippen molar-refractivity contribution in [1.82, 2.24) is 15.6 Å². The van der Waals surface area contributed by atoms with Gasteiger partial charge in [-0.3, -0.25) is 10.3 Å². The molecule has 136 valence electrons. The minimum Gasteiger partial charge on any atom is -0.507 e. The van der Waals surface area contributed by atoms with Crippen LogP contribution in [-0.2, 0) is 6.54 Å². The molecule has 0 amide bonds. The van der Waals surface area contributed by atoms with Gasteiger partial charge in [-0.25, -0.2) is 0 Å². The molecule has 1 fully saturated rings. The van der Waals surface area contributed by atoms with Gasteiger partial charge in [0.2, 0.25) is 0 Å². The number of rotatable bonds is 5. The van der Waals surface area contributed by atoms with E-state index in [2.05, 4.69) is 51.1 Å². The first-order valence-electron chi connectivity index (χ1n) is 8.84. The predicted molar refractivity (Wildman–Crippen MR) is 109 cm³/mol. The van der Waals surface area contributed by atoms with Gasteiger partial charge >= 0.3 is 0 Å². The van der Waals surface area contributed by atoms with E-state index in [9.17, 15) is 5.11 Å². The molecule has 2 aromatic rings. The van der Waals surface area contributed by atoms with E-state index in [0.717, 1.165) is 32.5 Å². The van der Waals surface area contributed by atoms with Gasteiger partial charge in [-0.1, -0.05) is 42.5 Å². The van der Waals surface area contributed by atoms with E-state index in [1.807, 2.05) is 6.07 Å². The second-order valence-corrected chi connectivity index (χ2v) is 6.85. The fourth-order valence-electron chi connectivity index (χ4n) is 3.05. The number of hydrogen-bond acceptors (Lipinski definition) is 4. The highest BCUT2D eigenvalue weighted by molar-refractivity contribution is 7.80. The first kappa shape index (κ1) is 18.4. The first-order valence-corrected chi connectivity index (χ1v) is 9.25. The summed E-state index contributed by atoms with van der Waals surface area (Å²) in [6.07, 6.45) is 3.67. The van der Waals surface area contributed by atoms with Crippen LogP contribution < -0.4 is 10.7 Å². The molecule has 3 N–H and O–H groups in total. The minimum atomic E-state index is 0.197. The van der Waals surface area contributed by atoms with E-state index in [1.165, 1.54) is 5.56 Å². The van der Waals surface area contributed by atoms with Crippen molar-refractivity contribution in [3.63, 3.8) is 0 Å². The number of hydrazone groups is 1. The van der Waals surface area contributed by atoms with E-state index in [-0.39, 0.29) is 5.75 Å². The largest absolute Gasteiger partial charge is 0.507 e. The van der Waals surface area contributed by atoms with Crippen molar-refractivity contribution >= 4 is 23.5 Å². The van der Waals surface area contributed by atoms with Crippen LogP contribution >= 0.6 is 12.2 Å². The molecule has 1 aliphatic rings. The van der Waals surface area contributed by atoms with E-state index in [1.54, 1.807) is 24.4 Å². The topological polar surface area (TPSA) is 59.9 Å². The lowest BCUT2D eigenvalue weighted by molar-refractivity contribution is 0.199. The van der Waals surface area contributed by atoms with Crippen LogP contribution in [0.1, 0.15) is 24.0 Å². The third-order valence-electron chi connectivity index (χ3n) is 4.48. The molecule has 0 aromatic heterocycles. The number of aromatic hydroxyl groups is 1. The molecule has 2 aromatic carbocycles. The Balaban J connectivity index is 1.39. The fourth-order valence-corrected chi connectivity index (χ4v) is 3.27. The van der Waals surface area contributed by atoms with Crippen molar-refractivity contribution in [2.45, 2.75) is 25.4 Å². The molecule has 3 rings (SSSR count). The molecule has 1 heterocycles. The van der Waals surface area contributed by atoms with Crippen molar-refractivity contribution in [2.75, 3.05) is 13.1 Å². The Labute approximate surface area is 159 Å². The summed E-state index contributed by atoms with van der Waals surface area (Å²) in [5.74, 6) is 0.197. The summed E-state index contributed by atoms with van der Waals surface area (Å²) in [5, 5.41) is 17.6. The SMILES string of the molecule is Oc1ccccc1/C=N/NC(=S)NC1CCN(Cc2ccccc2)CC1. The molecule has 0 atom stereocenters. The summed E-state index contributed by atoms with van der Waals surface area (Å²) in [7, 11) is 0. The highest BCUT2D eigenvalue weighted by atomic mass is 32.1. The van der Waals surface area contributed by atoms with Crippen molar-refractivity contribution in [3.8, 4) is 5.75 Å². The maximum Gasteiger partial charge on any atom is 0.187 e. The Kier molecular flexibility index (Phi) is 6.57. The van der Waals surface area contributed by atoms with Crippen molar-refractivity contribution in [3.05, 3.63) is 65.7 Å². The van der Waals surface area contributed by atoms with Gasteiger partial charge < -0.3 is 10.4 Å². The van der Waals surface area contributed by atoms with Crippen LogP contribution in [0.4, 0.5) is 0 Å². The Hall–Kier alpha value is -2.44. The molecule has 26 heavy (non-hydrogen) atoms. The number of piperidine rings is 1. The number of phenols is 1.